The average Bonchev–Trinajstić information content (AvgIpc) is 3.28. The first-order valence-electron chi connectivity index (χ1n) is 12.0. The molecule has 0 radical (unpaired) electrons. The summed E-state index contributed by atoms with van der Waals surface area (Å²) in [6, 6.07) is 10.0. The second-order valence-corrected chi connectivity index (χ2v) is 9.71. The lowest BCUT2D eigenvalue weighted by Crippen LogP contribution is -2.53. The van der Waals surface area contributed by atoms with E-state index < -0.39 is 24.2 Å². The molecular weight excluding hydrogens is 482 g/mol. The van der Waals surface area contributed by atoms with E-state index in [1.165, 1.54) is 23.1 Å². The highest BCUT2D eigenvalue weighted by Crippen LogP contribution is 2.49. The lowest BCUT2D eigenvalue weighted by molar-refractivity contribution is -0.133. The standard InChI is InChI=1S/C27H28F2N4O4/c1-4-10-31(3)11-12-32-24(35)27(2)15-20-19-14-18(37-25(28)29)8-9-21(19)30-22(20)23(33(27)26(32)36)16-6-5-7-17(34)13-16/h4-9,13-14,23,25,30,34H,1,10-12,15H2,2-3H3/t23-,27+/m1/s1. The smallest absolute Gasteiger partial charge is 0.387 e. The van der Waals surface area contributed by atoms with Gasteiger partial charge in [0.05, 0.1) is 0 Å². The van der Waals surface area contributed by atoms with Gasteiger partial charge in [0, 0.05) is 42.7 Å². The van der Waals surface area contributed by atoms with Crippen molar-refractivity contribution in [3.05, 3.63) is 71.9 Å². The summed E-state index contributed by atoms with van der Waals surface area (Å²) in [5.41, 5.74) is 1.48. The Kier molecular flexibility index (Phi) is 6.15. The van der Waals surface area contributed by atoms with Crippen LogP contribution in [0.2, 0.25) is 0 Å². The molecule has 2 N–H and O–H groups in total. The summed E-state index contributed by atoms with van der Waals surface area (Å²) in [5, 5.41) is 10.9. The molecule has 194 valence electrons. The summed E-state index contributed by atoms with van der Waals surface area (Å²) in [6.45, 7) is 3.79. The maximum atomic E-state index is 13.8. The molecule has 37 heavy (non-hydrogen) atoms. The summed E-state index contributed by atoms with van der Waals surface area (Å²) in [5.74, 6) is -0.294. The van der Waals surface area contributed by atoms with Crippen molar-refractivity contribution < 1.29 is 28.2 Å². The molecule has 0 unspecified atom stereocenters. The Morgan fingerprint density at radius 2 is 2.08 bits per heavy atom. The van der Waals surface area contributed by atoms with E-state index >= 15 is 0 Å². The van der Waals surface area contributed by atoms with Crippen molar-refractivity contribution in [2.75, 3.05) is 26.7 Å². The Balaban J connectivity index is 1.64. The van der Waals surface area contributed by atoms with Crippen LogP contribution in [0.5, 0.6) is 11.5 Å². The first-order valence-corrected chi connectivity index (χ1v) is 12.0. The number of phenolic OH excluding ortho intramolecular Hbond substituents is 1. The van der Waals surface area contributed by atoms with Gasteiger partial charge in [0.2, 0.25) is 0 Å². The van der Waals surface area contributed by atoms with Crippen LogP contribution in [0.25, 0.3) is 10.9 Å². The van der Waals surface area contributed by atoms with Crippen LogP contribution < -0.4 is 4.74 Å². The van der Waals surface area contributed by atoms with E-state index in [1.807, 2.05) is 11.9 Å². The maximum Gasteiger partial charge on any atom is 0.387 e. The quantitative estimate of drug-likeness (QED) is 0.349. The first kappa shape index (κ1) is 24.8. The number of aromatic hydroxyl groups is 1. The van der Waals surface area contributed by atoms with Crippen LogP contribution in [0.4, 0.5) is 13.6 Å². The number of hydrogen-bond acceptors (Lipinski definition) is 5. The highest BCUT2D eigenvalue weighted by molar-refractivity contribution is 6.08. The minimum Gasteiger partial charge on any atom is -0.508 e. The second-order valence-electron chi connectivity index (χ2n) is 9.71. The number of phenols is 1. The number of hydrogen-bond donors (Lipinski definition) is 2. The average molecular weight is 511 g/mol. The van der Waals surface area contributed by atoms with Crippen LogP contribution in [0, 0.1) is 0 Å². The van der Waals surface area contributed by atoms with Crippen molar-refractivity contribution in [1.29, 1.82) is 0 Å². The van der Waals surface area contributed by atoms with Gasteiger partial charge in [-0.1, -0.05) is 18.2 Å². The van der Waals surface area contributed by atoms with Crippen LogP contribution in [-0.2, 0) is 11.2 Å². The van der Waals surface area contributed by atoms with E-state index in [4.69, 9.17) is 0 Å². The molecule has 1 saturated heterocycles. The number of aromatic nitrogens is 1. The first-order chi connectivity index (χ1) is 17.6. The van der Waals surface area contributed by atoms with Crippen molar-refractivity contribution in [3.8, 4) is 11.5 Å². The van der Waals surface area contributed by atoms with Crippen molar-refractivity contribution >= 4 is 22.8 Å². The lowest BCUT2D eigenvalue weighted by Gasteiger charge is -2.42. The van der Waals surface area contributed by atoms with Crippen LogP contribution in [0.15, 0.2) is 55.1 Å². The van der Waals surface area contributed by atoms with Gasteiger partial charge < -0.3 is 19.7 Å². The Bertz CT molecular complexity index is 1390. The number of amides is 3. The highest BCUT2D eigenvalue weighted by Gasteiger charge is 2.60. The number of ether oxygens (including phenoxy) is 1. The number of fused-ring (bicyclic) bond motifs is 4. The number of urea groups is 1. The number of nitrogens with one attached hydrogen (secondary N) is 1. The minimum absolute atomic E-state index is 0.00601. The van der Waals surface area contributed by atoms with Gasteiger partial charge in [0.1, 0.15) is 23.1 Å². The molecule has 2 aliphatic rings. The third-order valence-electron chi connectivity index (χ3n) is 7.20. The third-order valence-corrected chi connectivity index (χ3v) is 7.20. The van der Waals surface area contributed by atoms with Crippen LogP contribution in [0.3, 0.4) is 0 Å². The zero-order valence-corrected chi connectivity index (χ0v) is 20.6. The van der Waals surface area contributed by atoms with Crippen LogP contribution in [0.1, 0.15) is 29.8 Å². The van der Waals surface area contributed by atoms with E-state index in [0.29, 0.717) is 35.2 Å². The molecule has 5 rings (SSSR count). The van der Waals surface area contributed by atoms with Crippen molar-refractivity contribution in [2.24, 2.45) is 0 Å². The number of carbonyl (C=O) groups is 2. The predicted octanol–water partition coefficient (Wildman–Crippen LogP) is 4.26. The predicted molar refractivity (Wildman–Crippen MR) is 134 cm³/mol. The molecule has 0 bridgehead atoms. The number of alkyl halides is 2. The third kappa shape index (κ3) is 4.11. The second kappa shape index (κ2) is 9.19. The number of aromatic amines is 1. The SMILES string of the molecule is C=CCN(C)CCN1C(=O)N2[C@H](c3cccc(O)c3)c3[nH]c4ccc(OC(F)F)cc4c3C[C@@]2(C)C1=O. The lowest BCUT2D eigenvalue weighted by atomic mass is 9.81. The molecule has 0 saturated carbocycles. The summed E-state index contributed by atoms with van der Waals surface area (Å²) in [4.78, 5) is 35.8. The van der Waals surface area contributed by atoms with Crippen molar-refractivity contribution in [3.63, 3.8) is 0 Å². The van der Waals surface area contributed by atoms with E-state index in [-0.39, 0.29) is 30.4 Å². The van der Waals surface area contributed by atoms with E-state index in [0.717, 1.165) is 5.56 Å². The summed E-state index contributed by atoms with van der Waals surface area (Å²) >= 11 is 0. The summed E-state index contributed by atoms with van der Waals surface area (Å²) in [7, 11) is 1.88. The van der Waals surface area contributed by atoms with Gasteiger partial charge in [-0.15, -0.1) is 6.58 Å². The zero-order valence-electron chi connectivity index (χ0n) is 20.6. The molecule has 3 aromatic rings. The van der Waals surface area contributed by atoms with Crippen molar-refractivity contribution in [1.82, 2.24) is 19.7 Å². The molecule has 3 amide bonds. The molecule has 3 heterocycles. The molecule has 1 fully saturated rings. The van der Waals surface area contributed by atoms with Gasteiger partial charge in [0.25, 0.3) is 5.91 Å². The Morgan fingerprint density at radius 3 is 2.78 bits per heavy atom. The fourth-order valence-electron chi connectivity index (χ4n) is 5.49. The highest BCUT2D eigenvalue weighted by atomic mass is 19.3. The normalized spacial score (nSPS) is 21.2. The van der Waals surface area contributed by atoms with Gasteiger partial charge in [-0.3, -0.25) is 14.6 Å². The molecule has 2 aromatic carbocycles. The van der Waals surface area contributed by atoms with E-state index in [2.05, 4.69) is 16.3 Å². The fraction of sp³-hybridized carbons (Fsp3) is 0.333. The molecule has 0 aliphatic carbocycles. The van der Waals surface area contributed by atoms with Crippen LogP contribution in [-0.4, -0.2) is 75.6 Å². The summed E-state index contributed by atoms with van der Waals surface area (Å²) < 4.78 is 30.4. The number of likely N-dealkylation sites (N-methyl/N-ethyl adjacent to an activating group) is 1. The van der Waals surface area contributed by atoms with Gasteiger partial charge in [-0.25, -0.2) is 4.79 Å². The van der Waals surface area contributed by atoms with Crippen molar-refractivity contribution in [2.45, 2.75) is 31.5 Å². The van der Waals surface area contributed by atoms with Gasteiger partial charge in [-0.05, 0) is 55.4 Å². The topological polar surface area (TPSA) is 89.1 Å². The minimum atomic E-state index is -2.97. The number of rotatable bonds is 8. The largest absolute Gasteiger partial charge is 0.508 e. The molecule has 1 aromatic heterocycles. The number of halogens is 2. The molecule has 2 aliphatic heterocycles. The number of H-pyrrole nitrogens is 1. The van der Waals surface area contributed by atoms with Gasteiger partial charge in [0.15, 0.2) is 0 Å². The number of carbonyl (C=O) groups excluding carboxylic acids is 2. The van der Waals surface area contributed by atoms with Gasteiger partial charge >= 0.3 is 12.6 Å². The number of benzene rings is 2. The summed E-state index contributed by atoms with van der Waals surface area (Å²) in [6.07, 6.45) is 1.94. The maximum absolute atomic E-state index is 13.8. The number of nitrogens with zero attached hydrogens (tertiary/aromatic N) is 3. The fourth-order valence-corrected chi connectivity index (χ4v) is 5.49. The monoisotopic (exact) mass is 510 g/mol. The number of imide groups is 1. The molecule has 8 nitrogen and oxygen atoms in total. The molecule has 10 heteroatoms. The molecule has 2 atom stereocenters. The Morgan fingerprint density at radius 1 is 1.30 bits per heavy atom. The van der Waals surface area contributed by atoms with E-state index in [1.54, 1.807) is 42.2 Å². The van der Waals surface area contributed by atoms with Crippen LogP contribution >= 0.6 is 0 Å². The molecule has 0 spiro atoms. The molecular formula is C27H28F2N4O4. The Labute approximate surface area is 212 Å². The van der Waals surface area contributed by atoms with Gasteiger partial charge in [-0.2, -0.15) is 8.78 Å². The van der Waals surface area contributed by atoms with E-state index in [9.17, 15) is 23.5 Å². The Hall–Kier alpha value is -3.92. The zero-order chi connectivity index (χ0) is 26.5.